The zero-order valence-corrected chi connectivity index (χ0v) is 8.74. The fraction of sp³-hybridized carbons (Fsp3) is 1.00. The highest BCUT2D eigenvalue weighted by molar-refractivity contribution is 4.91. The van der Waals surface area contributed by atoms with Crippen LogP contribution in [-0.4, -0.2) is 49.8 Å². The first-order chi connectivity index (χ1) is 6.92. The minimum absolute atomic E-state index is 0.606. The second kappa shape index (κ2) is 3.80. The lowest BCUT2D eigenvalue weighted by Crippen LogP contribution is -2.46. The lowest BCUT2D eigenvalue weighted by atomic mass is 9.89. The van der Waals surface area contributed by atoms with Crippen molar-refractivity contribution in [2.45, 2.75) is 31.5 Å². The third kappa shape index (κ3) is 1.69. The highest BCUT2D eigenvalue weighted by Crippen LogP contribution is 2.38. The van der Waals surface area contributed by atoms with Crippen molar-refractivity contribution in [1.82, 2.24) is 10.2 Å². The van der Waals surface area contributed by atoms with Crippen molar-refractivity contribution < 1.29 is 4.74 Å². The van der Waals surface area contributed by atoms with Crippen molar-refractivity contribution in [3.8, 4) is 0 Å². The second-order valence-electron chi connectivity index (χ2n) is 4.92. The van der Waals surface area contributed by atoms with Crippen LogP contribution in [0.4, 0.5) is 0 Å². The first kappa shape index (κ1) is 9.13. The average Bonchev–Trinajstić information content (AvgIpc) is 2.81. The standard InChI is InChI=1S/C11H20N2O/c1-2-11-9(7-10(1)14-11)8-13-5-3-12-4-6-13/h9-12H,1-8H2. The number of hydrogen-bond acceptors (Lipinski definition) is 3. The molecule has 0 amide bonds. The molecule has 14 heavy (non-hydrogen) atoms. The molecule has 3 nitrogen and oxygen atoms in total. The highest BCUT2D eigenvalue weighted by Gasteiger charge is 2.41. The summed E-state index contributed by atoms with van der Waals surface area (Å²) in [4.78, 5) is 2.60. The van der Waals surface area contributed by atoms with Crippen molar-refractivity contribution in [1.29, 1.82) is 0 Å². The quantitative estimate of drug-likeness (QED) is 0.694. The van der Waals surface area contributed by atoms with E-state index in [-0.39, 0.29) is 0 Å². The van der Waals surface area contributed by atoms with Crippen LogP contribution in [0.5, 0.6) is 0 Å². The molecule has 3 rings (SSSR count). The fourth-order valence-corrected chi connectivity index (χ4v) is 3.16. The SMILES string of the molecule is C1CN(CC2CC3CCC2O3)CCN1. The Morgan fingerprint density at radius 2 is 2.07 bits per heavy atom. The van der Waals surface area contributed by atoms with Gasteiger partial charge in [-0.25, -0.2) is 0 Å². The Balaban J connectivity index is 1.52. The molecule has 0 aromatic carbocycles. The van der Waals surface area contributed by atoms with Gasteiger partial charge in [0.25, 0.3) is 0 Å². The molecule has 3 heterocycles. The summed E-state index contributed by atoms with van der Waals surface area (Å²) in [5, 5.41) is 3.40. The van der Waals surface area contributed by atoms with Crippen LogP contribution < -0.4 is 5.32 Å². The van der Waals surface area contributed by atoms with E-state index in [1.165, 1.54) is 52.0 Å². The van der Waals surface area contributed by atoms with E-state index in [0.717, 1.165) is 5.92 Å². The van der Waals surface area contributed by atoms with Gasteiger partial charge in [-0.15, -0.1) is 0 Å². The molecule has 80 valence electrons. The minimum atomic E-state index is 0.606. The molecule has 3 aliphatic heterocycles. The number of nitrogens with zero attached hydrogens (tertiary/aromatic N) is 1. The Hall–Kier alpha value is -0.120. The summed E-state index contributed by atoms with van der Waals surface area (Å²) in [5.41, 5.74) is 0. The molecule has 3 fully saturated rings. The van der Waals surface area contributed by atoms with Crippen molar-refractivity contribution in [3.63, 3.8) is 0 Å². The predicted molar refractivity (Wildman–Crippen MR) is 55.3 cm³/mol. The smallest absolute Gasteiger partial charge is 0.0621 e. The molecule has 0 saturated carbocycles. The Kier molecular flexibility index (Phi) is 2.48. The molecule has 0 aromatic heterocycles. The summed E-state index contributed by atoms with van der Waals surface area (Å²) in [7, 11) is 0. The lowest BCUT2D eigenvalue weighted by molar-refractivity contribution is 0.0824. The van der Waals surface area contributed by atoms with Crippen molar-refractivity contribution in [2.24, 2.45) is 5.92 Å². The number of hydrogen-bond donors (Lipinski definition) is 1. The molecule has 0 radical (unpaired) electrons. The van der Waals surface area contributed by atoms with Crippen LogP contribution >= 0.6 is 0 Å². The van der Waals surface area contributed by atoms with Gasteiger partial charge in [0.05, 0.1) is 12.2 Å². The average molecular weight is 196 g/mol. The Morgan fingerprint density at radius 1 is 1.21 bits per heavy atom. The van der Waals surface area contributed by atoms with Gasteiger partial charge in [0.2, 0.25) is 0 Å². The van der Waals surface area contributed by atoms with Gasteiger partial charge in [0.15, 0.2) is 0 Å². The fourth-order valence-electron chi connectivity index (χ4n) is 3.16. The van der Waals surface area contributed by atoms with Crippen LogP contribution in [0.3, 0.4) is 0 Å². The minimum Gasteiger partial charge on any atom is -0.375 e. The summed E-state index contributed by atoms with van der Waals surface area (Å²) in [5.74, 6) is 0.840. The summed E-state index contributed by atoms with van der Waals surface area (Å²) in [6, 6.07) is 0. The van der Waals surface area contributed by atoms with E-state index >= 15 is 0 Å². The maximum Gasteiger partial charge on any atom is 0.0621 e. The van der Waals surface area contributed by atoms with Crippen molar-refractivity contribution in [3.05, 3.63) is 0 Å². The zero-order valence-electron chi connectivity index (χ0n) is 8.74. The molecule has 3 heteroatoms. The van der Waals surface area contributed by atoms with Crippen LogP contribution in [0.25, 0.3) is 0 Å². The van der Waals surface area contributed by atoms with E-state index in [0.29, 0.717) is 12.2 Å². The topological polar surface area (TPSA) is 24.5 Å². The maximum atomic E-state index is 5.88. The van der Waals surface area contributed by atoms with Gasteiger partial charge in [0, 0.05) is 38.6 Å². The number of piperazine rings is 1. The van der Waals surface area contributed by atoms with Gasteiger partial charge >= 0.3 is 0 Å². The van der Waals surface area contributed by atoms with Gasteiger partial charge < -0.3 is 15.0 Å². The molecule has 3 unspecified atom stereocenters. The van der Waals surface area contributed by atoms with Gasteiger partial charge in [-0.3, -0.25) is 0 Å². The van der Waals surface area contributed by atoms with Crippen molar-refractivity contribution in [2.75, 3.05) is 32.7 Å². The van der Waals surface area contributed by atoms with E-state index in [4.69, 9.17) is 4.74 Å². The molecule has 3 atom stereocenters. The first-order valence-electron chi connectivity index (χ1n) is 6.00. The summed E-state index contributed by atoms with van der Waals surface area (Å²) in [6.45, 7) is 6.08. The van der Waals surface area contributed by atoms with E-state index in [9.17, 15) is 0 Å². The maximum absolute atomic E-state index is 5.88. The summed E-state index contributed by atoms with van der Waals surface area (Å²) in [6.07, 6.45) is 5.20. The zero-order chi connectivity index (χ0) is 9.38. The number of nitrogens with one attached hydrogen (secondary N) is 1. The summed E-state index contributed by atoms with van der Waals surface area (Å²) < 4.78 is 5.88. The second-order valence-corrected chi connectivity index (χ2v) is 4.92. The van der Waals surface area contributed by atoms with E-state index in [2.05, 4.69) is 10.2 Å². The van der Waals surface area contributed by atoms with Crippen LogP contribution in [0, 0.1) is 5.92 Å². The van der Waals surface area contributed by atoms with Crippen molar-refractivity contribution >= 4 is 0 Å². The summed E-state index contributed by atoms with van der Waals surface area (Å²) >= 11 is 0. The number of rotatable bonds is 2. The van der Waals surface area contributed by atoms with Crippen LogP contribution in [-0.2, 0) is 4.74 Å². The van der Waals surface area contributed by atoms with E-state index in [1.807, 2.05) is 0 Å². The van der Waals surface area contributed by atoms with Gasteiger partial charge in [-0.1, -0.05) is 0 Å². The molecule has 0 aromatic rings. The van der Waals surface area contributed by atoms with Gasteiger partial charge in [-0.05, 0) is 19.3 Å². The number of ether oxygens (including phenoxy) is 1. The van der Waals surface area contributed by atoms with Crippen LogP contribution in [0.15, 0.2) is 0 Å². The number of fused-ring (bicyclic) bond motifs is 2. The Labute approximate surface area is 85.8 Å². The van der Waals surface area contributed by atoms with Gasteiger partial charge in [0.1, 0.15) is 0 Å². The molecular formula is C11H20N2O. The molecule has 1 N–H and O–H groups in total. The molecule has 3 aliphatic rings. The first-order valence-corrected chi connectivity index (χ1v) is 6.00. The normalized spacial score (nSPS) is 43.3. The molecule has 0 spiro atoms. The highest BCUT2D eigenvalue weighted by atomic mass is 16.5. The van der Waals surface area contributed by atoms with E-state index < -0.39 is 0 Å². The Bertz CT molecular complexity index is 203. The largest absolute Gasteiger partial charge is 0.375 e. The van der Waals surface area contributed by atoms with Crippen LogP contribution in [0.1, 0.15) is 19.3 Å². The predicted octanol–water partition coefficient (Wildman–Crippen LogP) is 0.459. The lowest BCUT2D eigenvalue weighted by Gasteiger charge is -2.31. The molecule has 3 saturated heterocycles. The third-order valence-electron chi connectivity index (χ3n) is 3.93. The Morgan fingerprint density at radius 3 is 2.71 bits per heavy atom. The van der Waals surface area contributed by atoms with Gasteiger partial charge in [-0.2, -0.15) is 0 Å². The third-order valence-corrected chi connectivity index (χ3v) is 3.93. The molecular weight excluding hydrogens is 176 g/mol. The van der Waals surface area contributed by atoms with Crippen LogP contribution in [0.2, 0.25) is 0 Å². The monoisotopic (exact) mass is 196 g/mol. The molecule has 0 aliphatic carbocycles. The van der Waals surface area contributed by atoms with E-state index in [1.54, 1.807) is 0 Å². The molecule has 2 bridgehead atoms.